The number of carbonyl (C=O) groups is 2. The second-order valence-electron chi connectivity index (χ2n) is 10.5. The van der Waals surface area contributed by atoms with E-state index in [1.165, 1.54) is 0 Å². The van der Waals surface area contributed by atoms with E-state index in [0.29, 0.717) is 18.0 Å². The molecular weight excluding hydrogens is 394 g/mol. The molecule has 31 heavy (non-hydrogen) atoms. The second-order valence-corrected chi connectivity index (χ2v) is 10.5. The Labute approximate surface area is 190 Å². The fraction of sp³-hybridized carbons (Fsp3) is 0.917. The van der Waals surface area contributed by atoms with Gasteiger partial charge in [0, 0.05) is 38.3 Å². The van der Waals surface area contributed by atoms with Crippen LogP contribution in [0, 0.1) is 5.92 Å². The minimum Gasteiger partial charge on any atom is -0.444 e. The summed E-state index contributed by atoms with van der Waals surface area (Å²) in [7, 11) is 0. The lowest BCUT2D eigenvalue weighted by Crippen LogP contribution is -2.51. The average Bonchev–Trinajstić information content (AvgIpc) is 2.67. The molecule has 0 aromatic rings. The first-order valence-corrected chi connectivity index (χ1v) is 12.1. The highest BCUT2D eigenvalue weighted by atomic mass is 16.6. The minimum absolute atomic E-state index is 0.203. The number of ether oxygens (including phenoxy) is 2. The van der Waals surface area contributed by atoms with E-state index in [-0.39, 0.29) is 12.2 Å². The summed E-state index contributed by atoms with van der Waals surface area (Å²) in [5.74, 6) is 0.553. The van der Waals surface area contributed by atoms with Crippen molar-refractivity contribution in [1.29, 1.82) is 0 Å². The summed E-state index contributed by atoms with van der Waals surface area (Å²) in [5, 5.41) is 3.77. The van der Waals surface area contributed by atoms with E-state index in [1.807, 2.05) is 65.2 Å². The molecular formula is C24H47N3O4. The first-order valence-electron chi connectivity index (χ1n) is 12.1. The summed E-state index contributed by atoms with van der Waals surface area (Å²) in [6.07, 6.45) is 3.46. The van der Waals surface area contributed by atoms with Gasteiger partial charge in [0.05, 0.1) is 0 Å². The predicted octanol–water partition coefficient (Wildman–Crippen LogP) is 5.04. The van der Waals surface area contributed by atoms with Gasteiger partial charge in [-0.3, -0.25) is 0 Å². The van der Waals surface area contributed by atoms with Crippen LogP contribution in [0.15, 0.2) is 0 Å². The Bertz CT molecular complexity index is 552. The van der Waals surface area contributed by atoms with Crippen LogP contribution in [0.2, 0.25) is 0 Å². The average molecular weight is 442 g/mol. The Kier molecular flexibility index (Phi) is 10.6. The first-order chi connectivity index (χ1) is 14.3. The van der Waals surface area contributed by atoms with Crippen LogP contribution in [-0.4, -0.2) is 71.5 Å². The van der Waals surface area contributed by atoms with Crippen molar-refractivity contribution in [2.45, 2.75) is 111 Å². The number of hydrogen-bond donors (Lipinski definition) is 1. The number of piperidine rings is 2. The molecule has 182 valence electrons. The molecule has 0 spiro atoms. The van der Waals surface area contributed by atoms with Gasteiger partial charge in [-0.15, -0.1) is 0 Å². The predicted molar refractivity (Wildman–Crippen MR) is 125 cm³/mol. The molecule has 1 atom stereocenters. The molecule has 2 heterocycles. The van der Waals surface area contributed by atoms with E-state index >= 15 is 0 Å². The summed E-state index contributed by atoms with van der Waals surface area (Å²) in [6.45, 7) is 20.6. The van der Waals surface area contributed by atoms with Crippen molar-refractivity contribution in [3.05, 3.63) is 0 Å². The normalized spacial score (nSPS) is 19.9. The highest BCUT2D eigenvalue weighted by Crippen LogP contribution is 2.24. The molecule has 2 aliphatic heterocycles. The maximum Gasteiger partial charge on any atom is 0.410 e. The number of amides is 2. The summed E-state index contributed by atoms with van der Waals surface area (Å²) in [6, 6.07) is 0.821. The molecule has 0 radical (unpaired) electrons. The van der Waals surface area contributed by atoms with Crippen LogP contribution < -0.4 is 5.32 Å². The third-order valence-electron chi connectivity index (χ3n) is 5.54. The number of nitrogens with one attached hydrogen (secondary N) is 1. The van der Waals surface area contributed by atoms with E-state index in [2.05, 4.69) is 12.2 Å². The highest BCUT2D eigenvalue weighted by molar-refractivity contribution is 5.68. The number of rotatable bonds is 3. The van der Waals surface area contributed by atoms with Crippen molar-refractivity contribution < 1.29 is 19.1 Å². The van der Waals surface area contributed by atoms with Gasteiger partial charge in [0.1, 0.15) is 11.2 Å². The standard InChI is InChI=1S/C22H41N3O4.C2H6/c1-16(17-8-12-24(13-9-17)19(26)28-21(2,3)4)23-18-10-14-25(15-11-18)20(27)29-22(5,6)7;1-2/h16-18,23H,8-15H2,1-7H3;1-2H3. The fourth-order valence-corrected chi connectivity index (χ4v) is 3.97. The van der Waals surface area contributed by atoms with Crippen LogP contribution >= 0.6 is 0 Å². The zero-order valence-corrected chi connectivity index (χ0v) is 21.4. The van der Waals surface area contributed by atoms with Gasteiger partial charge in [0.2, 0.25) is 0 Å². The van der Waals surface area contributed by atoms with Crippen LogP contribution in [-0.2, 0) is 9.47 Å². The van der Waals surface area contributed by atoms with Gasteiger partial charge in [-0.25, -0.2) is 9.59 Å². The van der Waals surface area contributed by atoms with Crippen LogP contribution in [0.1, 0.15) is 88.0 Å². The zero-order valence-electron chi connectivity index (χ0n) is 21.4. The van der Waals surface area contributed by atoms with Crippen LogP contribution in [0.5, 0.6) is 0 Å². The Morgan fingerprint density at radius 3 is 1.48 bits per heavy atom. The van der Waals surface area contributed by atoms with Crippen molar-refractivity contribution in [1.82, 2.24) is 15.1 Å². The summed E-state index contributed by atoms with van der Waals surface area (Å²) >= 11 is 0. The van der Waals surface area contributed by atoms with E-state index < -0.39 is 11.2 Å². The van der Waals surface area contributed by atoms with Crippen LogP contribution in [0.25, 0.3) is 0 Å². The molecule has 0 saturated carbocycles. The lowest BCUT2D eigenvalue weighted by atomic mass is 9.89. The van der Waals surface area contributed by atoms with Gasteiger partial charge >= 0.3 is 12.2 Å². The number of hydrogen-bond acceptors (Lipinski definition) is 5. The van der Waals surface area contributed by atoms with Crippen molar-refractivity contribution in [3.63, 3.8) is 0 Å². The van der Waals surface area contributed by atoms with Crippen molar-refractivity contribution in [2.24, 2.45) is 5.92 Å². The van der Waals surface area contributed by atoms with E-state index in [1.54, 1.807) is 0 Å². The van der Waals surface area contributed by atoms with Gasteiger partial charge in [0.25, 0.3) is 0 Å². The third kappa shape index (κ3) is 10.1. The molecule has 0 aromatic heterocycles. The van der Waals surface area contributed by atoms with E-state index in [4.69, 9.17) is 9.47 Å². The molecule has 2 amide bonds. The van der Waals surface area contributed by atoms with E-state index in [9.17, 15) is 9.59 Å². The molecule has 1 unspecified atom stereocenters. The lowest BCUT2D eigenvalue weighted by Gasteiger charge is -2.39. The second kappa shape index (κ2) is 11.9. The summed E-state index contributed by atoms with van der Waals surface area (Å²) in [4.78, 5) is 28.1. The quantitative estimate of drug-likeness (QED) is 0.664. The van der Waals surface area contributed by atoms with Crippen LogP contribution in [0.4, 0.5) is 9.59 Å². The largest absolute Gasteiger partial charge is 0.444 e. The van der Waals surface area contributed by atoms with E-state index in [0.717, 1.165) is 51.9 Å². The maximum atomic E-state index is 12.2. The maximum absolute atomic E-state index is 12.2. The smallest absolute Gasteiger partial charge is 0.410 e. The number of carbonyl (C=O) groups excluding carboxylic acids is 2. The van der Waals surface area contributed by atoms with Crippen molar-refractivity contribution in [2.75, 3.05) is 26.2 Å². The van der Waals surface area contributed by atoms with Crippen molar-refractivity contribution in [3.8, 4) is 0 Å². The molecule has 0 bridgehead atoms. The number of likely N-dealkylation sites (tertiary alicyclic amines) is 2. The van der Waals surface area contributed by atoms with Gasteiger partial charge in [-0.05, 0) is 80.1 Å². The Balaban J connectivity index is 0.00000233. The molecule has 0 aromatic carbocycles. The Morgan fingerprint density at radius 1 is 0.774 bits per heavy atom. The molecule has 7 nitrogen and oxygen atoms in total. The topological polar surface area (TPSA) is 71.1 Å². The molecule has 2 rings (SSSR count). The molecule has 1 N–H and O–H groups in total. The van der Waals surface area contributed by atoms with Gasteiger partial charge < -0.3 is 24.6 Å². The Hall–Kier alpha value is -1.50. The summed E-state index contributed by atoms with van der Waals surface area (Å²) < 4.78 is 11.0. The zero-order chi connectivity index (χ0) is 23.8. The molecule has 0 aliphatic carbocycles. The third-order valence-corrected chi connectivity index (χ3v) is 5.54. The van der Waals surface area contributed by atoms with Gasteiger partial charge in [-0.2, -0.15) is 0 Å². The molecule has 2 aliphatic rings. The lowest BCUT2D eigenvalue weighted by molar-refractivity contribution is 0.0146. The van der Waals surface area contributed by atoms with Gasteiger partial charge in [-0.1, -0.05) is 13.8 Å². The minimum atomic E-state index is -0.450. The van der Waals surface area contributed by atoms with Crippen LogP contribution in [0.3, 0.4) is 0 Å². The highest BCUT2D eigenvalue weighted by Gasteiger charge is 2.31. The summed E-state index contributed by atoms with van der Waals surface area (Å²) in [5.41, 5.74) is -0.897. The fourth-order valence-electron chi connectivity index (χ4n) is 3.97. The van der Waals surface area contributed by atoms with Crippen molar-refractivity contribution >= 4 is 12.2 Å². The monoisotopic (exact) mass is 441 g/mol. The van der Waals surface area contributed by atoms with Gasteiger partial charge in [0.15, 0.2) is 0 Å². The number of nitrogens with zero attached hydrogens (tertiary/aromatic N) is 2. The molecule has 2 saturated heterocycles. The first kappa shape index (κ1) is 27.5. The molecule has 7 heteroatoms. The SMILES string of the molecule is CC.CC(NC1CCN(C(=O)OC(C)(C)C)CC1)C1CCN(C(=O)OC(C)(C)C)CC1. The molecule has 2 fully saturated rings. The Morgan fingerprint density at radius 2 is 1.13 bits per heavy atom.